The summed E-state index contributed by atoms with van der Waals surface area (Å²) in [6, 6.07) is 6.07. The number of aryl methyl sites for hydroxylation is 2. The average Bonchev–Trinajstić information content (AvgIpc) is 2.62. The lowest BCUT2D eigenvalue weighted by Crippen LogP contribution is -2.55. The lowest BCUT2D eigenvalue weighted by atomic mass is 9.73. The Bertz CT molecular complexity index is 706. The Hall–Kier alpha value is -1.92. The number of hydrogen-bond donors (Lipinski definition) is 2. The fourth-order valence-electron chi connectivity index (χ4n) is 4.47. The third-order valence-electron chi connectivity index (χ3n) is 5.89. The van der Waals surface area contributed by atoms with Crippen molar-refractivity contribution >= 4 is 17.5 Å². The highest BCUT2D eigenvalue weighted by molar-refractivity contribution is 5.93. The van der Waals surface area contributed by atoms with Gasteiger partial charge >= 0.3 is 0 Å². The predicted molar refractivity (Wildman–Crippen MR) is 106 cm³/mol. The Kier molecular flexibility index (Phi) is 6.17. The number of β-amino-alcohol motifs (C(OH)–C–C–N with tert-alkyl or cyclic N) is 1. The van der Waals surface area contributed by atoms with Gasteiger partial charge in [0, 0.05) is 37.2 Å². The fraction of sp³-hybridized carbons (Fsp3) is 0.619. The second-order valence-electron chi connectivity index (χ2n) is 8.22. The molecule has 2 amide bonds. The molecular formula is C21H31N3O3. The molecule has 0 radical (unpaired) electrons. The molecule has 1 unspecified atom stereocenters. The second-order valence-corrected chi connectivity index (χ2v) is 8.22. The van der Waals surface area contributed by atoms with Crippen molar-refractivity contribution in [2.45, 2.75) is 39.5 Å². The van der Waals surface area contributed by atoms with Crippen LogP contribution < -0.4 is 5.32 Å². The van der Waals surface area contributed by atoms with Crippen LogP contribution in [0.5, 0.6) is 0 Å². The zero-order valence-corrected chi connectivity index (χ0v) is 16.5. The highest BCUT2D eigenvalue weighted by Gasteiger charge is 2.41. The van der Waals surface area contributed by atoms with Crippen molar-refractivity contribution in [2.75, 3.05) is 44.6 Å². The normalized spacial score (nSPS) is 23.7. The Morgan fingerprint density at radius 1 is 1.26 bits per heavy atom. The van der Waals surface area contributed by atoms with Crippen molar-refractivity contribution in [2.24, 2.45) is 5.41 Å². The molecular weight excluding hydrogens is 342 g/mol. The van der Waals surface area contributed by atoms with E-state index in [9.17, 15) is 14.7 Å². The highest BCUT2D eigenvalue weighted by atomic mass is 16.3. The van der Waals surface area contributed by atoms with Gasteiger partial charge in [-0.05, 0) is 56.8 Å². The lowest BCUT2D eigenvalue weighted by Gasteiger charge is -2.48. The first-order chi connectivity index (χ1) is 12.9. The first kappa shape index (κ1) is 19.8. The minimum Gasteiger partial charge on any atom is -0.395 e. The van der Waals surface area contributed by atoms with E-state index >= 15 is 0 Å². The average molecular weight is 373 g/mol. The van der Waals surface area contributed by atoms with Gasteiger partial charge in [-0.25, -0.2) is 0 Å². The van der Waals surface area contributed by atoms with E-state index in [-0.39, 0.29) is 23.8 Å². The largest absolute Gasteiger partial charge is 0.395 e. The van der Waals surface area contributed by atoms with E-state index in [4.69, 9.17) is 0 Å². The first-order valence-electron chi connectivity index (χ1n) is 9.89. The smallest absolute Gasteiger partial charge is 0.238 e. The number of anilines is 1. The van der Waals surface area contributed by atoms with Gasteiger partial charge in [-0.1, -0.05) is 12.1 Å². The van der Waals surface area contributed by atoms with Crippen LogP contribution in [0, 0.1) is 19.3 Å². The van der Waals surface area contributed by atoms with E-state index in [1.54, 1.807) is 4.90 Å². The van der Waals surface area contributed by atoms with Gasteiger partial charge in [0.15, 0.2) is 0 Å². The van der Waals surface area contributed by atoms with Gasteiger partial charge in [0.1, 0.15) is 0 Å². The van der Waals surface area contributed by atoms with Crippen molar-refractivity contribution in [3.63, 3.8) is 0 Å². The van der Waals surface area contributed by atoms with Crippen LogP contribution in [-0.2, 0) is 9.59 Å². The van der Waals surface area contributed by atoms with E-state index in [1.807, 2.05) is 32.0 Å². The van der Waals surface area contributed by atoms with Crippen LogP contribution in [0.15, 0.2) is 18.2 Å². The number of piperidine rings is 2. The Morgan fingerprint density at radius 3 is 2.85 bits per heavy atom. The van der Waals surface area contributed by atoms with E-state index in [0.29, 0.717) is 26.1 Å². The van der Waals surface area contributed by atoms with Gasteiger partial charge in [0.2, 0.25) is 11.8 Å². The Labute approximate surface area is 161 Å². The van der Waals surface area contributed by atoms with E-state index in [1.165, 1.54) is 0 Å². The van der Waals surface area contributed by atoms with E-state index in [2.05, 4.69) is 10.2 Å². The summed E-state index contributed by atoms with van der Waals surface area (Å²) in [5, 5.41) is 12.3. The molecule has 2 N–H and O–H groups in total. The van der Waals surface area contributed by atoms with Gasteiger partial charge in [0.05, 0.1) is 13.2 Å². The number of carbonyl (C=O) groups is 2. The zero-order chi connectivity index (χ0) is 19.4. The molecule has 2 fully saturated rings. The molecule has 1 aromatic rings. The van der Waals surface area contributed by atoms with Gasteiger partial charge in [0.25, 0.3) is 0 Å². The monoisotopic (exact) mass is 373 g/mol. The van der Waals surface area contributed by atoms with Crippen molar-refractivity contribution in [3.05, 3.63) is 29.3 Å². The van der Waals surface area contributed by atoms with Crippen molar-refractivity contribution in [3.8, 4) is 0 Å². The molecule has 27 heavy (non-hydrogen) atoms. The summed E-state index contributed by atoms with van der Waals surface area (Å²) in [6.45, 7) is 7.26. The lowest BCUT2D eigenvalue weighted by molar-refractivity contribution is -0.140. The van der Waals surface area contributed by atoms with Crippen LogP contribution in [0.3, 0.4) is 0 Å². The number of rotatable bonds is 5. The maximum atomic E-state index is 12.6. The van der Waals surface area contributed by atoms with Crippen molar-refractivity contribution in [1.29, 1.82) is 0 Å². The summed E-state index contributed by atoms with van der Waals surface area (Å²) < 4.78 is 0. The number of likely N-dealkylation sites (tertiary alicyclic amines) is 2. The maximum absolute atomic E-state index is 12.6. The van der Waals surface area contributed by atoms with E-state index in [0.717, 1.165) is 49.2 Å². The molecule has 2 aliphatic heterocycles. The van der Waals surface area contributed by atoms with Crippen LogP contribution >= 0.6 is 0 Å². The molecule has 1 atom stereocenters. The summed E-state index contributed by atoms with van der Waals surface area (Å²) in [5.41, 5.74) is 3.13. The number of aliphatic hydroxyl groups excluding tert-OH is 1. The molecule has 2 aliphatic rings. The molecule has 2 saturated heterocycles. The van der Waals surface area contributed by atoms with Crippen LogP contribution in [0.25, 0.3) is 0 Å². The minimum absolute atomic E-state index is 0.00375. The van der Waals surface area contributed by atoms with E-state index < -0.39 is 0 Å². The molecule has 0 saturated carbocycles. The second kappa shape index (κ2) is 8.40. The molecule has 6 nitrogen and oxygen atoms in total. The standard InChI is InChI=1S/C21H31N3O3/c1-16-4-5-17(2)18(12-16)22-19(26)13-23-9-3-7-21(14-23)8-6-20(27)24(15-21)10-11-25/h4-5,12,25H,3,6-11,13-15H2,1-2H3,(H,22,26). The summed E-state index contributed by atoms with van der Waals surface area (Å²) in [5.74, 6) is 0.152. The van der Waals surface area contributed by atoms with Crippen LogP contribution in [0.1, 0.15) is 36.8 Å². The molecule has 0 aliphatic carbocycles. The Morgan fingerprint density at radius 2 is 2.07 bits per heavy atom. The molecule has 2 heterocycles. The fourth-order valence-corrected chi connectivity index (χ4v) is 4.47. The highest BCUT2D eigenvalue weighted by Crippen LogP contribution is 2.38. The summed E-state index contributed by atoms with van der Waals surface area (Å²) in [7, 11) is 0. The van der Waals surface area contributed by atoms with Crippen LogP contribution in [0.2, 0.25) is 0 Å². The number of hydrogen-bond acceptors (Lipinski definition) is 4. The maximum Gasteiger partial charge on any atom is 0.238 e. The third-order valence-corrected chi connectivity index (χ3v) is 5.89. The number of nitrogens with zero attached hydrogens (tertiary/aromatic N) is 2. The molecule has 0 bridgehead atoms. The Balaban J connectivity index is 1.60. The number of amides is 2. The number of benzene rings is 1. The molecule has 148 valence electrons. The van der Waals surface area contributed by atoms with Gasteiger partial charge in [-0.3, -0.25) is 14.5 Å². The van der Waals surface area contributed by atoms with Gasteiger partial charge in [-0.15, -0.1) is 0 Å². The first-order valence-corrected chi connectivity index (χ1v) is 9.89. The zero-order valence-electron chi connectivity index (χ0n) is 16.5. The quantitative estimate of drug-likeness (QED) is 0.827. The number of aliphatic hydroxyl groups is 1. The minimum atomic E-state index is 0.00375. The summed E-state index contributed by atoms with van der Waals surface area (Å²) in [6.07, 6.45) is 3.54. The topological polar surface area (TPSA) is 72.9 Å². The van der Waals surface area contributed by atoms with Crippen molar-refractivity contribution < 1.29 is 14.7 Å². The third kappa shape index (κ3) is 4.87. The molecule has 1 aromatic carbocycles. The van der Waals surface area contributed by atoms with Crippen LogP contribution in [0.4, 0.5) is 5.69 Å². The van der Waals surface area contributed by atoms with Gasteiger partial charge < -0.3 is 15.3 Å². The van der Waals surface area contributed by atoms with Crippen molar-refractivity contribution in [1.82, 2.24) is 9.80 Å². The molecule has 3 rings (SSSR count). The SMILES string of the molecule is Cc1ccc(C)c(NC(=O)CN2CCCC3(CCC(=O)N(CCO)C3)C2)c1. The van der Waals surface area contributed by atoms with Gasteiger partial charge in [-0.2, -0.15) is 0 Å². The molecule has 0 aromatic heterocycles. The summed E-state index contributed by atoms with van der Waals surface area (Å²) in [4.78, 5) is 28.7. The molecule has 6 heteroatoms. The summed E-state index contributed by atoms with van der Waals surface area (Å²) >= 11 is 0. The number of carbonyl (C=O) groups excluding carboxylic acids is 2. The van der Waals surface area contributed by atoms with Crippen LogP contribution in [-0.4, -0.2) is 66.1 Å². The predicted octanol–water partition coefficient (Wildman–Crippen LogP) is 1.94. The molecule has 1 spiro atoms. The number of nitrogens with one attached hydrogen (secondary N) is 1.